The highest BCUT2D eigenvalue weighted by atomic mass is 32.2. The third-order valence-electron chi connectivity index (χ3n) is 0.729. The van der Waals surface area contributed by atoms with E-state index in [0.29, 0.717) is 0 Å². The molecule has 0 aliphatic rings. The molecule has 2 nitrogen and oxygen atoms in total. The molecule has 0 aliphatic carbocycles. The van der Waals surface area contributed by atoms with E-state index in [-0.39, 0.29) is 5.37 Å². The second-order valence-corrected chi connectivity index (χ2v) is 3.20. The van der Waals surface area contributed by atoms with Crippen molar-refractivity contribution in [2.24, 2.45) is 11.5 Å². The maximum atomic E-state index is 5.46. The van der Waals surface area contributed by atoms with E-state index in [0.717, 1.165) is 18.7 Å². The molecule has 0 aliphatic heterocycles. The van der Waals surface area contributed by atoms with Gasteiger partial charge in [-0.05, 0) is 25.6 Å². The minimum atomic E-state index is 0.265. The molecule has 0 spiro atoms. The molecule has 0 saturated heterocycles. The molecule has 0 amide bonds. The molecule has 50 valence electrons. The van der Waals surface area contributed by atoms with Gasteiger partial charge in [0, 0.05) is 5.37 Å². The predicted octanol–water partition coefficient (Wildman–Crippen LogP) is 0.373. The fraction of sp³-hybridized carbons (Fsp3) is 1.00. The monoisotopic (exact) mass is 134 g/mol. The predicted molar refractivity (Wildman–Crippen MR) is 39.8 cm³/mol. The van der Waals surface area contributed by atoms with Crippen LogP contribution >= 0.6 is 11.8 Å². The molecule has 1 unspecified atom stereocenters. The molecule has 0 radical (unpaired) electrons. The van der Waals surface area contributed by atoms with E-state index in [4.69, 9.17) is 11.5 Å². The van der Waals surface area contributed by atoms with Crippen LogP contribution < -0.4 is 11.5 Å². The summed E-state index contributed by atoms with van der Waals surface area (Å²) in [5.41, 5.74) is 10.7. The van der Waals surface area contributed by atoms with Crippen LogP contribution in [0.15, 0.2) is 0 Å². The zero-order valence-electron chi connectivity index (χ0n) is 5.26. The molecule has 8 heavy (non-hydrogen) atoms. The van der Waals surface area contributed by atoms with Crippen molar-refractivity contribution in [2.75, 3.05) is 12.3 Å². The fourth-order valence-electron chi connectivity index (χ4n) is 0.353. The van der Waals surface area contributed by atoms with Crippen LogP contribution in [-0.4, -0.2) is 17.7 Å². The van der Waals surface area contributed by atoms with Gasteiger partial charge in [-0.15, -0.1) is 11.8 Å². The fourth-order valence-corrected chi connectivity index (χ4v) is 1.06. The standard InChI is InChI=1S/C5H14N2S/c1-5(7)8-4-2-3-6/h5H,2-4,6-7H2,1H3. The lowest BCUT2D eigenvalue weighted by atomic mass is 10.5. The van der Waals surface area contributed by atoms with Crippen molar-refractivity contribution in [2.45, 2.75) is 18.7 Å². The van der Waals surface area contributed by atoms with Crippen molar-refractivity contribution in [3.8, 4) is 0 Å². The van der Waals surface area contributed by atoms with Crippen molar-refractivity contribution in [3.63, 3.8) is 0 Å². The summed E-state index contributed by atoms with van der Waals surface area (Å²) in [7, 11) is 0. The molecule has 0 fully saturated rings. The van der Waals surface area contributed by atoms with E-state index in [1.165, 1.54) is 0 Å². The Kier molecular flexibility index (Phi) is 5.59. The van der Waals surface area contributed by atoms with Crippen molar-refractivity contribution >= 4 is 11.8 Å². The third kappa shape index (κ3) is 6.27. The summed E-state index contributed by atoms with van der Waals surface area (Å²) in [5, 5.41) is 0.265. The Hall–Kier alpha value is 0.270. The third-order valence-corrected chi connectivity index (χ3v) is 1.78. The van der Waals surface area contributed by atoms with Crippen LogP contribution in [0.4, 0.5) is 0 Å². The lowest BCUT2D eigenvalue weighted by molar-refractivity contribution is 0.934. The van der Waals surface area contributed by atoms with E-state index in [1.54, 1.807) is 11.8 Å². The number of thioether (sulfide) groups is 1. The van der Waals surface area contributed by atoms with Gasteiger partial charge in [-0.3, -0.25) is 0 Å². The quantitative estimate of drug-likeness (QED) is 0.431. The minimum absolute atomic E-state index is 0.265. The maximum Gasteiger partial charge on any atom is 0.0478 e. The summed E-state index contributed by atoms with van der Waals surface area (Å²) in [6.07, 6.45) is 1.08. The zero-order valence-corrected chi connectivity index (χ0v) is 6.08. The second kappa shape index (κ2) is 5.41. The molecule has 0 aromatic carbocycles. The summed E-state index contributed by atoms with van der Waals surface area (Å²) in [6, 6.07) is 0. The van der Waals surface area contributed by atoms with Crippen LogP contribution in [0.2, 0.25) is 0 Å². The number of nitrogens with two attached hydrogens (primary N) is 2. The molecule has 0 aromatic rings. The molecule has 0 saturated carbocycles. The highest BCUT2D eigenvalue weighted by Gasteiger charge is 1.90. The average Bonchev–Trinajstić information content (AvgIpc) is 1.66. The lowest BCUT2D eigenvalue weighted by Gasteiger charge is -2.01. The summed E-state index contributed by atoms with van der Waals surface area (Å²) >= 11 is 1.75. The van der Waals surface area contributed by atoms with Gasteiger partial charge in [0.25, 0.3) is 0 Å². The van der Waals surface area contributed by atoms with Crippen molar-refractivity contribution in [1.29, 1.82) is 0 Å². The van der Waals surface area contributed by atoms with Gasteiger partial charge in [-0.25, -0.2) is 0 Å². The van der Waals surface area contributed by atoms with Crippen LogP contribution in [0.25, 0.3) is 0 Å². The van der Waals surface area contributed by atoms with E-state index in [9.17, 15) is 0 Å². The summed E-state index contributed by atoms with van der Waals surface area (Å²) in [5.74, 6) is 1.09. The highest BCUT2D eigenvalue weighted by molar-refractivity contribution is 7.99. The first-order valence-electron chi connectivity index (χ1n) is 2.84. The van der Waals surface area contributed by atoms with Gasteiger partial charge in [-0.2, -0.15) is 0 Å². The van der Waals surface area contributed by atoms with Gasteiger partial charge < -0.3 is 11.5 Å². The Balaban J connectivity index is 2.72. The van der Waals surface area contributed by atoms with Gasteiger partial charge in [-0.1, -0.05) is 0 Å². The van der Waals surface area contributed by atoms with Crippen LogP contribution in [-0.2, 0) is 0 Å². The Morgan fingerprint density at radius 2 is 2.25 bits per heavy atom. The van der Waals surface area contributed by atoms with Gasteiger partial charge >= 0.3 is 0 Å². The van der Waals surface area contributed by atoms with Crippen molar-refractivity contribution in [3.05, 3.63) is 0 Å². The first-order chi connectivity index (χ1) is 3.77. The summed E-state index contributed by atoms with van der Waals surface area (Å²) in [6.45, 7) is 2.76. The van der Waals surface area contributed by atoms with Crippen LogP contribution in [0.1, 0.15) is 13.3 Å². The number of hydrogen-bond acceptors (Lipinski definition) is 3. The largest absolute Gasteiger partial charge is 0.330 e. The van der Waals surface area contributed by atoms with E-state index < -0.39 is 0 Å². The molecule has 0 heterocycles. The smallest absolute Gasteiger partial charge is 0.0478 e. The molecule has 1 atom stereocenters. The molecule has 3 heteroatoms. The lowest BCUT2D eigenvalue weighted by Crippen LogP contribution is -2.11. The van der Waals surface area contributed by atoms with E-state index in [1.807, 2.05) is 6.92 Å². The molecule has 0 rings (SSSR count). The molecular formula is C5H14N2S. The normalized spacial score (nSPS) is 13.9. The SMILES string of the molecule is CC(N)SCCCN. The first-order valence-corrected chi connectivity index (χ1v) is 3.89. The Labute approximate surface area is 55.0 Å². The minimum Gasteiger partial charge on any atom is -0.330 e. The molecule has 0 bridgehead atoms. The van der Waals surface area contributed by atoms with Crippen LogP contribution in [0.5, 0.6) is 0 Å². The average molecular weight is 134 g/mol. The molecular weight excluding hydrogens is 120 g/mol. The Bertz CT molecular complexity index is 47.7. The maximum absolute atomic E-state index is 5.46. The highest BCUT2D eigenvalue weighted by Crippen LogP contribution is 2.04. The van der Waals surface area contributed by atoms with E-state index >= 15 is 0 Å². The molecule has 0 aromatic heterocycles. The number of rotatable bonds is 4. The van der Waals surface area contributed by atoms with Gasteiger partial charge in [0.15, 0.2) is 0 Å². The second-order valence-electron chi connectivity index (χ2n) is 1.72. The number of hydrogen-bond donors (Lipinski definition) is 2. The first kappa shape index (κ1) is 8.27. The molecule has 4 N–H and O–H groups in total. The summed E-state index contributed by atoms with van der Waals surface area (Å²) in [4.78, 5) is 0. The van der Waals surface area contributed by atoms with Crippen LogP contribution in [0.3, 0.4) is 0 Å². The Morgan fingerprint density at radius 1 is 1.62 bits per heavy atom. The van der Waals surface area contributed by atoms with Gasteiger partial charge in [0.2, 0.25) is 0 Å². The van der Waals surface area contributed by atoms with Crippen LogP contribution in [0, 0.1) is 0 Å². The topological polar surface area (TPSA) is 52.0 Å². The van der Waals surface area contributed by atoms with Crippen molar-refractivity contribution in [1.82, 2.24) is 0 Å². The van der Waals surface area contributed by atoms with Crippen molar-refractivity contribution < 1.29 is 0 Å². The van der Waals surface area contributed by atoms with E-state index in [2.05, 4.69) is 0 Å². The van der Waals surface area contributed by atoms with Gasteiger partial charge in [0.1, 0.15) is 0 Å². The summed E-state index contributed by atoms with van der Waals surface area (Å²) < 4.78 is 0. The van der Waals surface area contributed by atoms with Gasteiger partial charge in [0.05, 0.1) is 0 Å². The zero-order chi connectivity index (χ0) is 6.41. The Morgan fingerprint density at radius 3 is 2.62 bits per heavy atom.